The Kier molecular flexibility index (Phi) is 24.2. The summed E-state index contributed by atoms with van der Waals surface area (Å²) in [5, 5.41) is 18.1. The Labute approximate surface area is 503 Å². The maximum Gasteiger partial charge on any atom is 0.407 e. The number of benzene rings is 2. The number of esters is 8. The summed E-state index contributed by atoms with van der Waals surface area (Å²) in [6.45, 7) is 8.67. The number of carboxylic acids is 1. The molecule has 3 fully saturated rings. The number of fused-ring (bicyclic) bond motifs is 3. The third-order valence-electron chi connectivity index (χ3n) is 13.8. The molecule has 0 spiro atoms. The van der Waals surface area contributed by atoms with Gasteiger partial charge >= 0.3 is 59.8 Å². The van der Waals surface area contributed by atoms with Crippen molar-refractivity contribution in [2.75, 3.05) is 26.4 Å². The van der Waals surface area contributed by atoms with Crippen LogP contribution in [-0.2, 0) is 124 Å². The van der Waals surface area contributed by atoms with Crippen LogP contribution < -0.4 is 16.0 Å². The molecule has 17 atom stereocenters. The van der Waals surface area contributed by atoms with Gasteiger partial charge in [-0.15, -0.1) is 0 Å². The van der Waals surface area contributed by atoms with Gasteiger partial charge in [0, 0.05) is 75.2 Å². The topological polar surface area (TPSA) is 400 Å². The van der Waals surface area contributed by atoms with Crippen molar-refractivity contribution < 1.29 is 134 Å². The Morgan fingerprint density at radius 1 is 0.455 bits per heavy atom. The van der Waals surface area contributed by atoms with Crippen molar-refractivity contribution in [1.82, 2.24) is 16.0 Å². The largest absolute Gasteiger partial charge is 0.480 e. The van der Waals surface area contributed by atoms with Crippen molar-refractivity contribution in [2.24, 2.45) is 0 Å². The Morgan fingerprint density at radius 3 is 1.32 bits per heavy atom. The normalized spacial score (nSPS) is 27.8. The van der Waals surface area contributed by atoms with Gasteiger partial charge in [0.1, 0.15) is 56.3 Å². The van der Waals surface area contributed by atoms with Gasteiger partial charge in [0.05, 0.1) is 12.7 Å². The number of amides is 3. The maximum atomic E-state index is 13.7. The molecule has 2 aromatic carbocycles. The van der Waals surface area contributed by atoms with Crippen molar-refractivity contribution in [3.05, 3.63) is 59.7 Å². The molecule has 0 bridgehead atoms. The average molecular weight is 1250 g/mol. The van der Waals surface area contributed by atoms with Gasteiger partial charge in [0.2, 0.25) is 11.8 Å². The molecule has 3 aliphatic heterocycles. The molecule has 4 aliphatic rings. The SMILES string of the molecule is CC(=O)N[C@H]1[C@@H](O[C@H](C)[C@H](NC(=O)OCC2c3ccccc3-c3ccccc32)C(=O)O)O[C@H](CO[C@@H]2O[C@H](COC(C)=O)[C@@H](OC(C)=O)[C@H](OC(C)=O)[C@H]2NC(C)=O)[C@H](OC(C)=O)[C@@H]1O[C@@H]1O[C@H](COC(C)=O)[C@H](OC(C)=O)[C@H](OC(C)=O)[C@H]1OC(C)=O. The summed E-state index contributed by atoms with van der Waals surface area (Å²) in [5.41, 5.74) is 3.53. The molecular weight excluding hydrogens is 1170 g/mol. The Hall–Kier alpha value is -8.36. The van der Waals surface area contributed by atoms with Crippen LogP contribution in [0.15, 0.2) is 48.5 Å². The molecule has 4 N–H and O–H groups in total. The van der Waals surface area contributed by atoms with Crippen molar-refractivity contribution in [1.29, 1.82) is 0 Å². The highest BCUT2D eigenvalue weighted by Crippen LogP contribution is 2.45. The Bertz CT molecular complexity index is 2870. The lowest BCUT2D eigenvalue weighted by molar-refractivity contribution is -0.353. The lowest BCUT2D eigenvalue weighted by Gasteiger charge is -2.50. The van der Waals surface area contributed by atoms with Gasteiger partial charge in [-0.2, -0.15) is 0 Å². The van der Waals surface area contributed by atoms with E-state index >= 15 is 0 Å². The highest BCUT2D eigenvalue weighted by Gasteiger charge is 2.59. The number of ether oxygens (including phenoxy) is 15. The second kappa shape index (κ2) is 31.0. The monoisotopic (exact) mass is 1250 g/mol. The first kappa shape index (κ1) is 68.7. The number of nitrogens with one attached hydrogen (secondary N) is 3. The van der Waals surface area contributed by atoms with E-state index in [9.17, 15) is 62.6 Å². The molecule has 3 saturated heterocycles. The van der Waals surface area contributed by atoms with E-state index in [4.69, 9.17) is 71.1 Å². The number of hydrogen-bond acceptors (Lipinski definition) is 27. The van der Waals surface area contributed by atoms with E-state index in [0.717, 1.165) is 91.5 Å². The summed E-state index contributed by atoms with van der Waals surface area (Å²) in [6, 6.07) is 9.51. The van der Waals surface area contributed by atoms with Gasteiger partial charge in [-0.3, -0.25) is 47.9 Å². The lowest BCUT2D eigenvalue weighted by Crippen LogP contribution is -2.70. The molecule has 6 rings (SSSR count). The van der Waals surface area contributed by atoms with Crippen LogP contribution in [0.4, 0.5) is 4.79 Å². The van der Waals surface area contributed by atoms with E-state index in [0.29, 0.717) is 0 Å². The maximum absolute atomic E-state index is 13.7. The average Bonchev–Trinajstić information content (AvgIpc) is 1.21. The van der Waals surface area contributed by atoms with E-state index < -0.39 is 202 Å². The van der Waals surface area contributed by atoms with Crippen LogP contribution in [0.5, 0.6) is 0 Å². The zero-order valence-electron chi connectivity index (χ0n) is 49.8. The van der Waals surface area contributed by atoms with Crippen molar-refractivity contribution in [3.8, 4) is 11.1 Å². The van der Waals surface area contributed by atoms with Gasteiger partial charge in [-0.25, -0.2) is 9.59 Å². The van der Waals surface area contributed by atoms with E-state index in [1.54, 1.807) is 0 Å². The molecule has 3 amide bonds. The standard InChI is InChI=1S/C57H71N3O28/c1-24(43(53(71)72)60-57(73)77-20-39-37-18-14-12-16-35(37)36-17-13-15-19-38(36)39)78-55-45(59-26(3)62)50(88-56-52(84-34(11)70)51(83-33(10)69)48(81-31(8)67)41(87-56)22-75-28(5)64)47(80-30(7)66)42(86-55)23-76-54-44(58-25(2)61)49(82-32(9)68)46(79-29(6)65)40(85-54)21-74-27(4)63/h12-19,24,39-52,54-56H,20-23H2,1-11H3,(H,58,61)(H,59,62)(H,60,73)(H,71,72)/t24-,40-,41-,42-,43+,44-,45-,46-,47+,48+,49-,50-,51+,52-,54-,55+,56+/m1/s1. The zero-order valence-corrected chi connectivity index (χ0v) is 49.8. The minimum atomic E-state index is -2.10. The fourth-order valence-corrected chi connectivity index (χ4v) is 10.6. The summed E-state index contributed by atoms with van der Waals surface area (Å²) in [5.74, 6) is -11.5. The molecule has 2 aromatic rings. The van der Waals surface area contributed by atoms with Crippen LogP contribution in [-0.4, -0.2) is 207 Å². The van der Waals surface area contributed by atoms with Crippen LogP contribution in [0.1, 0.15) is 93.2 Å². The quantitative estimate of drug-likeness (QED) is 0.0829. The van der Waals surface area contributed by atoms with Crippen molar-refractivity contribution in [2.45, 2.75) is 186 Å². The minimum Gasteiger partial charge on any atom is -0.480 e. The second-order valence-electron chi connectivity index (χ2n) is 20.7. The molecule has 31 heteroatoms. The van der Waals surface area contributed by atoms with E-state index in [2.05, 4.69) is 16.0 Å². The van der Waals surface area contributed by atoms with Gasteiger partial charge in [-0.05, 0) is 29.2 Å². The van der Waals surface area contributed by atoms with Crippen LogP contribution in [0, 0.1) is 0 Å². The molecule has 31 nitrogen and oxygen atoms in total. The summed E-state index contributed by atoms with van der Waals surface area (Å²) in [7, 11) is 0. The summed E-state index contributed by atoms with van der Waals surface area (Å²) in [6.07, 6.45) is -26.5. The molecule has 3 heterocycles. The highest BCUT2D eigenvalue weighted by atomic mass is 16.8. The van der Waals surface area contributed by atoms with Crippen LogP contribution in [0.3, 0.4) is 0 Å². The number of hydrogen-bond donors (Lipinski definition) is 4. The number of carboxylic acid groups (broad SMARTS) is 1. The van der Waals surface area contributed by atoms with E-state index in [1.807, 2.05) is 48.5 Å². The first-order chi connectivity index (χ1) is 41.5. The highest BCUT2D eigenvalue weighted by molar-refractivity contribution is 5.82. The zero-order chi connectivity index (χ0) is 64.8. The Balaban J connectivity index is 1.45. The van der Waals surface area contributed by atoms with Crippen molar-refractivity contribution in [3.63, 3.8) is 0 Å². The molecule has 0 saturated carbocycles. The lowest BCUT2D eigenvalue weighted by atomic mass is 9.94. The number of carbonyl (C=O) groups is 12. The predicted octanol–water partition coefficient (Wildman–Crippen LogP) is 0.686. The van der Waals surface area contributed by atoms with Crippen molar-refractivity contribution >= 4 is 71.6 Å². The number of aliphatic carboxylic acids is 1. The molecule has 0 unspecified atom stereocenters. The van der Waals surface area contributed by atoms with E-state index in [-0.39, 0.29) is 6.61 Å². The Morgan fingerprint density at radius 2 is 0.852 bits per heavy atom. The van der Waals surface area contributed by atoms with Crippen LogP contribution in [0.2, 0.25) is 0 Å². The first-order valence-corrected chi connectivity index (χ1v) is 27.6. The van der Waals surface area contributed by atoms with Crippen LogP contribution >= 0.6 is 0 Å². The molecule has 482 valence electrons. The fraction of sp³-hybridized carbons (Fsp3) is 0.579. The van der Waals surface area contributed by atoms with Gasteiger partial charge in [0.15, 0.2) is 61.5 Å². The number of alkyl carbamates (subject to hydrolysis) is 1. The van der Waals surface area contributed by atoms with Crippen LogP contribution in [0.25, 0.3) is 11.1 Å². The van der Waals surface area contributed by atoms with Gasteiger partial charge in [-0.1, -0.05) is 48.5 Å². The fourth-order valence-electron chi connectivity index (χ4n) is 10.6. The third-order valence-corrected chi connectivity index (χ3v) is 13.8. The molecule has 1 aliphatic carbocycles. The molecule has 0 radical (unpaired) electrons. The molecule has 88 heavy (non-hydrogen) atoms. The third kappa shape index (κ3) is 18.4. The summed E-state index contributed by atoms with van der Waals surface area (Å²) < 4.78 is 88.1. The first-order valence-electron chi connectivity index (χ1n) is 27.6. The smallest absolute Gasteiger partial charge is 0.407 e. The molecule has 0 aromatic heterocycles. The number of carbonyl (C=O) groups excluding carboxylic acids is 11. The van der Waals surface area contributed by atoms with Gasteiger partial charge < -0.3 is 92.1 Å². The summed E-state index contributed by atoms with van der Waals surface area (Å²) in [4.78, 5) is 155. The predicted molar refractivity (Wildman–Crippen MR) is 289 cm³/mol. The summed E-state index contributed by atoms with van der Waals surface area (Å²) >= 11 is 0. The number of rotatable bonds is 24. The van der Waals surface area contributed by atoms with Gasteiger partial charge in [0.25, 0.3) is 0 Å². The minimum absolute atomic E-state index is 0.237. The second-order valence-corrected chi connectivity index (χ2v) is 20.7. The van der Waals surface area contributed by atoms with E-state index in [1.165, 1.54) is 6.92 Å². The molecular formula is C57H71N3O28.